The smallest absolute Gasteiger partial charge is 0.347 e. The third-order valence-electron chi connectivity index (χ3n) is 5.59. The number of fused-ring (bicyclic) bond motifs is 1. The predicted molar refractivity (Wildman–Crippen MR) is 107 cm³/mol. The standard InChI is InChI=1S/C21H25N5O2/c1-14-12-15(2)26(21(28)23-14)11-7-20(27)25-9-5-16(6-10-25)18-13-19-17(24-18)4-3-8-22-19/h3-4,8,12-13,16,24H,5-7,9-11H2,1-2H3. The summed E-state index contributed by atoms with van der Waals surface area (Å²) < 4.78 is 1.58. The number of aromatic amines is 1. The summed E-state index contributed by atoms with van der Waals surface area (Å²) in [5.41, 5.74) is 4.52. The van der Waals surface area contributed by atoms with Crippen LogP contribution in [0.4, 0.5) is 0 Å². The lowest BCUT2D eigenvalue weighted by molar-refractivity contribution is -0.132. The maximum Gasteiger partial charge on any atom is 0.347 e. The molecule has 0 spiro atoms. The Morgan fingerprint density at radius 3 is 2.75 bits per heavy atom. The fourth-order valence-electron chi connectivity index (χ4n) is 4.05. The van der Waals surface area contributed by atoms with Crippen molar-refractivity contribution < 1.29 is 4.79 Å². The summed E-state index contributed by atoms with van der Waals surface area (Å²) in [7, 11) is 0. The molecule has 0 radical (unpaired) electrons. The lowest BCUT2D eigenvalue weighted by atomic mass is 9.93. The van der Waals surface area contributed by atoms with E-state index in [-0.39, 0.29) is 11.6 Å². The van der Waals surface area contributed by atoms with Crippen molar-refractivity contribution in [3.05, 3.63) is 58.0 Å². The summed E-state index contributed by atoms with van der Waals surface area (Å²) in [5.74, 6) is 0.521. The Hall–Kier alpha value is -2.96. The summed E-state index contributed by atoms with van der Waals surface area (Å²) in [4.78, 5) is 38.4. The van der Waals surface area contributed by atoms with Crippen LogP contribution < -0.4 is 5.69 Å². The molecule has 0 atom stereocenters. The fourth-order valence-corrected chi connectivity index (χ4v) is 4.05. The SMILES string of the molecule is Cc1cc(C)n(CCC(=O)N2CCC(c3cc4ncccc4[nH]3)CC2)c(=O)n1. The van der Waals surface area contributed by atoms with E-state index in [1.54, 1.807) is 17.7 Å². The Morgan fingerprint density at radius 1 is 1.25 bits per heavy atom. The number of aryl methyl sites for hydroxylation is 2. The number of likely N-dealkylation sites (tertiary alicyclic amines) is 1. The van der Waals surface area contributed by atoms with Crippen LogP contribution in [0.5, 0.6) is 0 Å². The quantitative estimate of drug-likeness (QED) is 0.755. The van der Waals surface area contributed by atoms with Gasteiger partial charge >= 0.3 is 5.69 Å². The van der Waals surface area contributed by atoms with Crippen LogP contribution in [0.15, 0.2) is 35.3 Å². The Morgan fingerprint density at radius 2 is 2.04 bits per heavy atom. The largest absolute Gasteiger partial charge is 0.357 e. The van der Waals surface area contributed by atoms with Crippen molar-refractivity contribution in [3.63, 3.8) is 0 Å². The van der Waals surface area contributed by atoms with Gasteiger partial charge in [0, 0.05) is 55.3 Å². The normalized spacial score (nSPS) is 15.3. The minimum atomic E-state index is -0.281. The van der Waals surface area contributed by atoms with E-state index in [1.165, 1.54) is 5.69 Å². The third-order valence-corrected chi connectivity index (χ3v) is 5.59. The molecule has 1 N–H and O–H groups in total. The second-order valence-corrected chi connectivity index (χ2v) is 7.54. The summed E-state index contributed by atoms with van der Waals surface area (Å²) >= 11 is 0. The number of aromatic nitrogens is 4. The maximum atomic E-state index is 12.6. The number of piperidine rings is 1. The number of carbonyl (C=O) groups is 1. The topological polar surface area (TPSA) is 83.9 Å². The first-order chi connectivity index (χ1) is 13.5. The van der Waals surface area contributed by atoms with E-state index in [1.807, 2.05) is 30.0 Å². The average Bonchev–Trinajstić information content (AvgIpc) is 3.11. The number of hydrogen-bond donors (Lipinski definition) is 1. The van der Waals surface area contributed by atoms with Gasteiger partial charge in [-0.05, 0) is 51.0 Å². The number of nitrogens with zero attached hydrogens (tertiary/aromatic N) is 4. The van der Waals surface area contributed by atoms with Crippen molar-refractivity contribution in [3.8, 4) is 0 Å². The molecule has 28 heavy (non-hydrogen) atoms. The van der Waals surface area contributed by atoms with Crippen LogP contribution in [0.3, 0.4) is 0 Å². The summed E-state index contributed by atoms with van der Waals surface area (Å²) in [5, 5.41) is 0. The van der Waals surface area contributed by atoms with Crippen molar-refractivity contribution >= 4 is 16.9 Å². The highest BCUT2D eigenvalue weighted by Crippen LogP contribution is 2.29. The molecule has 0 aromatic carbocycles. The van der Waals surface area contributed by atoms with Gasteiger partial charge in [0.05, 0.1) is 11.0 Å². The molecule has 4 rings (SSSR count). The second-order valence-electron chi connectivity index (χ2n) is 7.54. The van der Waals surface area contributed by atoms with Crippen molar-refractivity contribution in [2.24, 2.45) is 0 Å². The highest BCUT2D eigenvalue weighted by molar-refractivity contribution is 5.77. The van der Waals surface area contributed by atoms with E-state index in [4.69, 9.17) is 0 Å². The van der Waals surface area contributed by atoms with Gasteiger partial charge in [-0.1, -0.05) is 0 Å². The summed E-state index contributed by atoms with van der Waals surface area (Å²) in [6.45, 7) is 5.54. The Labute approximate surface area is 163 Å². The number of hydrogen-bond acceptors (Lipinski definition) is 4. The van der Waals surface area contributed by atoms with Gasteiger partial charge in [0.1, 0.15) is 0 Å². The zero-order chi connectivity index (χ0) is 19.7. The highest BCUT2D eigenvalue weighted by atomic mass is 16.2. The van der Waals surface area contributed by atoms with Gasteiger partial charge in [-0.25, -0.2) is 4.79 Å². The van der Waals surface area contributed by atoms with Gasteiger partial charge in [0.25, 0.3) is 0 Å². The van der Waals surface area contributed by atoms with Crippen LogP contribution in [0.1, 0.15) is 42.3 Å². The van der Waals surface area contributed by atoms with Crippen LogP contribution in [0.25, 0.3) is 11.0 Å². The van der Waals surface area contributed by atoms with Crippen molar-refractivity contribution in [2.45, 2.75) is 45.6 Å². The molecule has 0 unspecified atom stereocenters. The molecule has 7 nitrogen and oxygen atoms in total. The first kappa shape index (κ1) is 18.4. The lowest BCUT2D eigenvalue weighted by Crippen LogP contribution is -2.39. The summed E-state index contributed by atoms with van der Waals surface area (Å²) in [6, 6.07) is 7.96. The number of H-pyrrole nitrogens is 1. The summed E-state index contributed by atoms with van der Waals surface area (Å²) in [6.07, 6.45) is 4.00. The minimum absolute atomic E-state index is 0.101. The van der Waals surface area contributed by atoms with E-state index in [0.29, 0.717) is 24.6 Å². The zero-order valence-corrected chi connectivity index (χ0v) is 16.3. The molecule has 146 valence electrons. The first-order valence-electron chi connectivity index (χ1n) is 9.78. The molecule has 0 saturated carbocycles. The van der Waals surface area contributed by atoms with Gasteiger partial charge in [-0.3, -0.25) is 14.3 Å². The van der Waals surface area contributed by atoms with E-state index < -0.39 is 0 Å². The van der Waals surface area contributed by atoms with Crippen molar-refractivity contribution in [1.29, 1.82) is 0 Å². The first-order valence-corrected chi connectivity index (χ1v) is 9.78. The van der Waals surface area contributed by atoms with Gasteiger partial charge < -0.3 is 9.88 Å². The molecule has 7 heteroatoms. The average molecular weight is 379 g/mol. The van der Waals surface area contributed by atoms with Crippen LogP contribution in [0, 0.1) is 13.8 Å². The number of nitrogens with one attached hydrogen (secondary N) is 1. The van der Waals surface area contributed by atoms with E-state index >= 15 is 0 Å². The molecule has 0 bridgehead atoms. The number of amides is 1. The van der Waals surface area contributed by atoms with Gasteiger partial charge in [-0.15, -0.1) is 0 Å². The number of carbonyl (C=O) groups excluding carboxylic acids is 1. The van der Waals surface area contributed by atoms with Crippen LogP contribution in [-0.4, -0.2) is 43.4 Å². The second kappa shape index (κ2) is 7.58. The van der Waals surface area contributed by atoms with Crippen LogP contribution >= 0.6 is 0 Å². The molecular formula is C21H25N5O2. The van der Waals surface area contributed by atoms with Crippen LogP contribution in [-0.2, 0) is 11.3 Å². The fraction of sp³-hybridized carbons (Fsp3) is 0.429. The molecule has 1 aliphatic heterocycles. The number of rotatable bonds is 4. The molecule has 1 fully saturated rings. The molecule has 1 saturated heterocycles. The minimum Gasteiger partial charge on any atom is -0.357 e. The molecule has 1 amide bonds. The lowest BCUT2D eigenvalue weighted by Gasteiger charge is -2.31. The van der Waals surface area contributed by atoms with E-state index in [9.17, 15) is 9.59 Å². The Kier molecular flexibility index (Phi) is 4.98. The van der Waals surface area contributed by atoms with Gasteiger partial charge in [0.2, 0.25) is 5.91 Å². The van der Waals surface area contributed by atoms with Crippen LogP contribution in [0.2, 0.25) is 0 Å². The number of pyridine rings is 1. The van der Waals surface area contributed by atoms with Gasteiger partial charge in [-0.2, -0.15) is 4.98 Å². The molecule has 1 aliphatic rings. The molecule has 0 aliphatic carbocycles. The Balaban J connectivity index is 1.34. The zero-order valence-electron chi connectivity index (χ0n) is 16.3. The monoisotopic (exact) mass is 379 g/mol. The molecule has 3 aromatic heterocycles. The predicted octanol–water partition coefficient (Wildman–Crippen LogP) is 2.53. The van der Waals surface area contributed by atoms with E-state index in [0.717, 1.165) is 42.7 Å². The molecular weight excluding hydrogens is 354 g/mol. The van der Waals surface area contributed by atoms with Crippen molar-refractivity contribution in [2.75, 3.05) is 13.1 Å². The van der Waals surface area contributed by atoms with Gasteiger partial charge in [0.15, 0.2) is 0 Å². The Bertz CT molecular complexity index is 1030. The van der Waals surface area contributed by atoms with E-state index in [2.05, 4.69) is 21.0 Å². The molecule has 4 heterocycles. The molecule has 3 aromatic rings. The van der Waals surface area contributed by atoms with Crippen molar-refractivity contribution in [1.82, 2.24) is 24.4 Å². The maximum absolute atomic E-state index is 12.6. The third kappa shape index (κ3) is 3.69. The highest BCUT2D eigenvalue weighted by Gasteiger charge is 2.25.